The predicted octanol–water partition coefficient (Wildman–Crippen LogP) is 26.7. The van der Waals surface area contributed by atoms with E-state index in [1.807, 2.05) is 0 Å². The maximum absolute atomic E-state index is 6.85. The van der Waals surface area contributed by atoms with Crippen molar-refractivity contribution in [1.29, 1.82) is 0 Å². The number of ether oxygens (including phenoxy) is 7. The van der Waals surface area contributed by atoms with Crippen molar-refractivity contribution in [2.75, 3.05) is 39.6 Å². The molecule has 0 aromatic carbocycles. The van der Waals surface area contributed by atoms with Crippen LogP contribution in [0.3, 0.4) is 0 Å². The normalized spacial score (nSPS) is 12.7. The van der Waals surface area contributed by atoms with Gasteiger partial charge in [0.1, 0.15) is 0 Å². The largest absolute Gasteiger partial charge is 0.353 e. The Hall–Kier alpha value is -0.280. The zero-order valence-electron chi connectivity index (χ0n) is 59.3. The van der Waals surface area contributed by atoms with Gasteiger partial charge in [-0.2, -0.15) is 0 Å². The van der Waals surface area contributed by atoms with E-state index in [9.17, 15) is 0 Å². The molecule has 85 heavy (non-hydrogen) atoms. The topological polar surface area (TPSA) is 64.6 Å². The van der Waals surface area contributed by atoms with E-state index >= 15 is 0 Å². The summed E-state index contributed by atoms with van der Waals surface area (Å²) >= 11 is 0. The summed E-state index contributed by atoms with van der Waals surface area (Å²) in [6.45, 7) is 18.8. The van der Waals surface area contributed by atoms with Gasteiger partial charge >= 0.3 is 0 Å². The van der Waals surface area contributed by atoms with Gasteiger partial charge in [0.25, 0.3) is 0 Å². The molecule has 0 aliphatic heterocycles. The van der Waals surface area contributed by atoms with E-state index in [0.29, 0.717) is 0 Å². The van der Waals surface area contributed by atoms with E-state index in [1.54, 1.807) is 0 Å². The summed E-state index contributed by atoms with van der Waals surface area (Å²) in [5, 5.41) is 0. The highest BCUT2D eigenvalue weighted by Gasteiger charge is 2.19. The smallest absolute Gasteiger partial charge is 0.160 e. The maximum Gasteiger partial charge on any atom is 0.160 e. The first-order valence-corrected chi connectivity index (χ1v) is 39.5. The minimum atomic E-state index is -0.156. The quantitative estimate of drug-likeness (QED) is 0.0444. The molecule has 7 heteroatoms. The third-order valence-electron chi connectivity index (χ3n) is 17.9. The van der Waals surface area contributed by atoms with Crippen LogP contribution >= 0.6 is 0 Å². The van der Waals surface area contributed by atoms with Gasteiger partial charge in [0, 0.05) is 39.6 Å². The van der Waals surface area contributed by atoms with Gasteiger partial charge in [0.2, 0.25) is 0 Å². The van der Waals surface area contributed by atoms with Crippen LogP contribution in [0.1, 0.15) is 440 Å². The van der Waals surface area contributed by atoms with Crippen LogP contribution in [-0.2, 0) is 33.2 Å². The molecule has 0 aliphatic rings. The van der Waals surface area contributed by atoms with Gasteiger partial charge in [0.05, 0.1) is 0 Å². The van der Waals surface area contributed by atoms with Gasteiger partial charge in [-0.1, -0.05) is 350 Å². The third kappa shape index (κ3) is 69.5. The molecule has 2 atom stereocenters. The molecule has 0 aromatic heterocycles. The van der Waals surface area contributed by atoms with Gasteiger partial charge in [-0.05, 0) is 89.9 Å². The second kappa shape index (κ2) is 76.2. The van der Waals surface area contributed by atoms with Crippen molar-refractivity contribution in [3.8, 4) is 0 Å². The average Bonchev–Trinajstić information content (AvgIpc) is 3.51. The van der Waals surface area contributed by atoms with Crippen molar-refractivity contribution >= 4 is 0 Å². The molecule has 0 aromatic rings. The fraction of sp³-hybridized carbons (Fsp3) is 1.00. The van der Waals surface area contributed by atoms with Gasteiger partial charge in [-0.15, -0.1) is 0 Å². The number of hydrogen-bond donors (Lipinski definition) is 0. The van der Waals surface area contributed by atoms with Gasteiger partial charge in [-0.25, -0.2) is 0 Å². The SMILES string of the molecule is CCCCCCCCCOC(CCCCCCCCCCCC(OCCCCCCCC)OC(CCCCCCCCCCCC(OCCCCCCCCC)OCCCCCCCCC)OCCCCCCCC)OCCCCCCCCC. The monoisotopic (exact) mass is 1210 g/mol. The summed E-state index contributed by atoms with van der Waals surface area (Å²) in [6, 6.07) is 0. The minimum absolute atomic E-state index is 0.00848. The molecule has 7 nitrogen and oxygen atoms in total. The van der Waals surface area contributed by atoms with Gasteiger partial charge in [-0.3, -0.25) is 0 Å². The molecule has 0 fully saturated rings. The Labute approximate surface area is 535 Å². The summed E-state index contributed by atoms with van der Waals surface area (Å²) in [5.41, 5.74) is 0. The van der Waals surface area contributed by atoms with Gasteiger partial charge in [0.15, 0.2) is 25.2 Å². The van der Waals surface area contributed by atoms with Crippen LogP contribution in [0, 0.1) is 0 Å². The van der Waals surface area contributed by atoms with Crippen molar-refractivity contribution in [2.45, 2.75) is 465 Å². The van der Waals surface area contributed by atoms with E-state index in [-0.39, 0.29) is 25.2 Å². The van der Waals surface area contributed by atoms with Crippen LogP contribution in [0.5, 0.6) is 0 Å². The molecule has 0 bridgehead atoms. The van der Waals surface area contributed by atoms with E-state index in [0.717, 1.165) is 78.2 Å². The average molecular weight is 1210 g/mol. The van der Waals surface area contributed by atoms with Crippen molar-refractivity contribution in [1.82, 2.24) is 0 Å². The molecule has 512 valence electrons. The fourth-order valence-electron chi connectivity index (χ4n) is 12.0. The Kier molecular flexibility index (Phi) is 75.9. The van der Waals surface area contributed by atoms with Crippen molar-refractivity contribution in [3.63, 3.8) is 0 Å². The number of rotatable bonds is 78. The Morgan fingerprint density at radius 1 is 0.141 bits per heavy atom. The van der Waals surface area contributed by atoms with E-state index in [4.69, 9.17) is 33.2 Å². The van der Waals surface area contributed by atoms with Crippen molar-refractivity contribution < 1.29 is 33.2 Å². The van der Waals surface area contributed by atoms with Crippen LogP contribution in [0.15, 0.2) is 0 Å². The van der Waals surface area contributed by atoms with Gasteiger partial charge < -0.3 is 33.2 Å². The summed E-state index contributed by atoms with van der Waals surface area (Å²) in [7, 11) is 0. The molecular weight excluding hydrogens is 1050 g/mol. The predicted molar refractivity (Wildman–Crippen MR) is 372 cm³/mol. The van der Waals surface area contributed by atoms with Crippen LogP contribution in [-0.4, -0.2) is 64.8 Å². The highest BCUT2D eigenvalue weighted by molar-refractivity contribution is 4.60. The fourth-order valence-corrected chi connectivity index (χ4v) is 12.0. The summed E-state index contributed by atoms with van der Waals surface area (Å²) in [6.07, 6.45) is 79.5. The molecular formula is C78H158O7. The molecule has 0 spiro atoms. The zero-order chi connectivity index (χ0) is 61.3. The van der Waals surface area contributed by atoms with E-state index in [1.165, 1.54) is 360 Å². The Balaban J connectivity index is 4.93. The zero-order valence-corrected chi connectivity index (χ0v) is 59.3. The molecule has 0 rings (SSSR count). The highest BCUT2D eigenvalue weighted by Crippen LogP contribution is 2.22. The van der Waals surface area contributed by atoms with Crippen LogP contribution in [0.4, 0.5) is 0 Å². The van der Waals surface area contributed by atoms with Crippen molar-refractivity contribution in [3.05, 3.63) is 0 Å². The molecule has 0 N–H and O–H groups in total. The Morgan fingerprint density at radius 2 is 0.271 bits per heavy atom. The lowest BCUT2D eigenvalue weighted by Gasteiger charge is -2.26. The second-order valence-electron chi connectivity index (χ2n) is 26.6. The standard InChI is InChI=1S/C78H158O7/c1-7-13-19-25-41-51-59-69-79-75(80-70-60-52-42-26-20-14-8-2)65-55-45-37-33-31-35-39-47-57-67-77(83-73-63-49-29-23-17-11-5)85-78(84-74-64-50-30-24-18-12-6)68-58-48-40-36-32-34-38-46-56-66-76(81-71-61-53-43-27-21-15-9-3)82-72-62-54-44-28-22-16-10-4/h75-78H,7-74H2,1-6H3. The molecule has 2 unspecified atom stereocenters. The molecule has 0 amide bonds. The molecule has 0 aliphatic carbocycles. The maximum atomic E-state index is 6.85. The summed E-state index contributed by atoms with van der Waals surface area (Å²) in [5.74, 6) is 0. The molecule has 0 saturated heterocycles. The van der Waals surface area contributed by atoms with Crippen LogP contribution in [0.2, 0.25) is 0 Å². The first-order chi connectivity index (χ1) is 42.1. The summed E-state index contributed by atoms with van der Waals surface area (Å²) < 4.78 is 45.5. The van der Waals surface area contributed by atoms with Crippen LogP contribution < -0.4 is 0 Å². The lowest BCUT2D eigenvalue weighted by atomic mass is 10.1. The highest BCUT2D eigenvalue weighted by atomic mass is 16.8. The number of unbranched alkanes of at least 4 members (excludes halogenated alkanes) is 50. The lowest BCUT2D eigenvalue weighted by Crippen LogP contribution is -2.28. The molecule has 0 heterocycles. The van der Waals surface area contributed by atoms with Crippen LogP contribution in [0.25, 0.3) is 0 Å². The Bertz CT molecular complexity index is 1030. The van der Waals surface area contributed by atoms with E-state index in [2.05, 4.69) is 41.5 Å². The number of hydrogen-bond acceptors (Lipinski definition) is 7. The molecule has 0 saturated carbocycles. The minimum Gasteiger partial charge on any atom is -0.353 e. The van der Waals surface area contributed by atoms with Crippen molar-refractivity contribution in [2.24, 2.45) is 0 Å². The lowest BCUT2D eigenvalue weighted by molar-refractivity contribution is -0.250. The first kappa shape index (κ1) is 84.7. The van der Waals surface area contributed by atoms with E-state index < -0.39 is 0 Å². The Morgan fingerprint density at radius 3 is 0.447 bits per heavy atom. The summed E-state index contributed by atoms with van der Waals surface area (Å²) in [4.78, 5) is 0. The third-order valence-corrected chi connectivity index (χ3v) is 17.9. The second-order valence-corrected chi connectivity index (χ2v) is 26.6. The molecule has 0 radical (unpaired) electrons. The first-order valence-electron chi connectivity index (χ1n) is 39.5.